The molecule has 1 aromatic carbocycles. The van der Waals surface area contributed by atoms with Gasteiger partial charge < -0.3 is 20.8 Å². The standard InChI is InChI=1S/C19H27N7O2/c1-4-26-18-16(24-25-26)17(20-15(11-28)13-8-6-5-7-9-13)22-19(23-18)21-14(10-27)12(2)3/h5-9,12,14-15,27-28H,4,10-11H2,1-3H3,(H2,20,21,22,23)/t14?,15-/m0/s1. The Morgan fingerprint density at radius 3 is 2.39 bits per heavy atom. The van der Waals surface area contributed by atoms with Crippen LogP contribution in [0.4, 0.5) is 11.8 Å². The number of benzene rings is 1. The number of aliphatic hydroxyl groups excluding tert-OH is 2. The number of hydrogen-bond acceptors (Lipinski definition) is 8. The molecule has 0 spiro atoms. The molecular weight excluding hydrogens is 358 g/mol. The van der Waals surface area contributed by atoms with Crippen LogP contribution in [0.1, 0.15) is 32.4 Å². The van der Waals surface area contributed by atoms with Crippen LogP contribution in [-0.2, 0) is 6.54 Å². The SMILES string of the molecule is CCn1nnc2c(N[C@@H](CO)c3ccccc3)nc(NC(CO)C(C)C)nc21. The molecule has 1 unspecified atom stereocenters. The molecule has 0 bridgehead atoms. The summed E-state index contributed by atoms with van der Waals surface area (Å²) in [7, 11) is 0. The minimum atomic E-state index is -0.349. The first-order valence-electron chi connectivity index (χ1n) is 9.48. The van der Waals surface area contributed by atoms with E-state index < -0.39 is 0 Å². The molecule has 28 heavy (non-hydrogen) atoms. The van der Waals surface area contributed by atoms with Gasteiger partial charge in [0.05, 0.1) is 25.3 Å². The molecule has 2 aromatic heterocycles. The third-order valence-electron chi connectivity index (χ3n) is 4.67. The van der Waals surface area contributed by atoms with Gasteiger partial charge in [0.2, 0.25) is 5.95 Å². The number of anilines is 2. The molecule has 9 nitrogen and oxygen atoms in total. The highest BCUT2D eigenvalue weighted by atomic mass is 16.3. The second kappa shape index (κ2) is 8.94. The number of rotatable bonds is 9. The second-order valence-corrected chi connectivity index (χ2v) is 6.94. The number of aryl methyl sites for hydroxylation is 1. The molecule has 0 aliphatic rings. The maximum Gasteiger partial charge on any atom is 0.227 e. The van der Waals surface area contributed by atoms with Crippen LogP contribution < -0.4 is 10.6 Å². The Labute approximate surface area is 163 Å². The Kier molecular flexibility index (Phi) is 6.37. The fourth-order valence-corrected chi connectivity index (χ4v) is 2.91. The predicted octanol–water partition coefficient (Wildman–Crippen LogP) is 1.82. The van der Waals surface area contributed by atoms with Crippen LogP contribution in [0.2, 0.25) is 0 Å². The Morgan fingerprint density at radius 2 is 1.79 bits per heavy atom. The first-order valence-corrected chi connectivity index (χ1v) is 9.48. The normalized spacial score (nSPS) is 13.6. The number of aromatic nitrogens is 5. The van der Waals surface area contributed by atoms with E-state index in [0.29, 0.717) is 29.5 Å². The Balaban J connectivity index is 2.01. The minimum absolute atomic E-state index is 0.0314. The summed E-state index contributed by atoms with van der Waals surface area (Å²) in [4.78, 5) is 9.11. The van der Waals surface area contributed by atoms with Gasteiger partial charge in [-0.1, -0.05) is 49.4 Å². The largest absolute Gasteiger partial charge is 0.394 e. The summed E-state index contributed by atoms with van der Waals surface area (Å²) >= 11 is 0. The average Bonchev–Trinajstić information content (AvgIpc) is 3.13. The number of fused-ring (bicyclic) bond motifs is 1. The van der Waals surface area contributed by atoms with Gasteiger partial charge in [0, 0.05) is 6.54 Å². The van der Waals surface area contributed by atoms with Crippen LogP contribution in [0, 0.1) is 5.92 Å². The summed E-state index contributed by atoms with van der Waals surface area (Å²) in [5.74, 6) is 1.06. The molecular formula is C19H27N7O2. The topological polar surface area (TPSA) is 121 Å². The summed E-state index contributed by atoms with van der Waals surface area (Å²) in [5, 5.41) is 34.3. The van der Waals surface area contributed by atoms with Gasteiger partial charge in [0.15, 0.2) is 17.0 Å². The second-order valence-electron chi connectivity index (χ2n) is 6.94. The smallest absolute Gasteiger partial charge is 0.227 e. The third-order valence-corrected chi connectivity index (χ3v) is 4.67. The zero-order valence-corrected chi connectivity index (χ0v) is 16.4. The van der Waals surface area contributed by atoms with E-state index in [0.717, 1.165) is 5.56 Å². The van der Waals surface area contributed by atoms with Gasteiger partial charge in [0.25, 0.3) is 0 Å². The van der Waals surface area contributed by atoms with Crippen molar-refractivity contribution >= 4 is 22.9 Å². The van der Waals surface area contributed by atoms with Crippen molar-refractivity contribution in [1.29, 1.82) is 0 Å². The molecule has 0 radical (unpaired) electrons. The first kappa shape index (κ1) is 20.0. The van der Waals surface area contributed by atoms with Gasteiger partial charge in [-0.05, 0) is 18.4 Å². The summed E-state index contributed by atoms with van der Waals surface area (Å²) in [6.07, 6.45) is 0. The predicted molar refractivity (Wildman–Crippen MR) is 108 cm³/mol. The van der Waals surface area contributed by atoms with E-state index in [1.165, 1.54) is 0 Å². The molecule has 0 saturated carbocycles. The van der Waals surface area contributed by atoms with Crippen LogP contribution >= 0.6 is 0 Å². The quantitative estimate of drug-likeness (QED) is 0.440. The molecule has 9 heteroatoms. The van der Waals surface area contributed by atoms with Crippen molar-refractivity contribution in [2.24, 2.45) is 5.92 Å². The van der Waals surface area contributed by atoms with Crippen LogP contribution in [0.25, 0.3) is 11.2 Å². The van der Waals surface area contributed by atoms with E-state index in [1.54, 1.807) is 4.68 Å². The van der Waals surface area contributed by atoms with Gasteiger partial charge in [-0.3, -0.25) is 0 Å². The lowest BCUT2D eigenvalue weighted by Crippen LogP contribution is -2.30. The van der Waals surface area contributed by atoms with Gasteiger partial charge in [-0.25, -0.2) is 4.68 Å². The Morgan fingerprint density at radius 1 is 1.04 bits per heavy atom. The third kappa shape index (κ3) is 4.20. The number of hydrogen-bond donors (Lipinski definition) is 4. The van der Waals surface area contributed by atoms with Crippen LogP contribution in [0.5, 0.6) is 0 Å². The fourth-order valence-electron chi connectivity index (χ4n) is 2.91. The summed E-state index contributed by atoms with van der Waals surface area (Å²) in [5.41, 5.74) is 2.06. The zero-order valence-electron chi connectivity index (χ0n) is 16.4. The molecule has 2 atom stereocenters. The highest BCUT2D eigenvalue weighted by Crippen LogP contribution is 2.25. The molecule has 0 fully saturated rings. The Bertz CT molecular complexity index is 898. The minimum Gasteiger partial charge on any atom is -0.394 e. The van der Waals surface area contributed by atoms with Gasteiger partial charge in [0.1, 0.15) is 0 Å². The molecule has 0 aliphatic carbocycles. The molecule has 150 valence electrons. The molecule has 0 aliphatic heterocycles. The monoisotopic (exact) mass is 385 g/mol. The van der Waals surface area contributed by atoms with E-state index in [4.69, 9.17) is 0 Å². The summed E-state index contributed by atoms with van der Waals surface area (Å²) in [6.45, 7) is 6.47. The molecule has 0 amide bonds. The van der Waals surface area contributed by atoms with Gasteiger partial charge >= 0.3 is 0 Å². The first-order chi connectivity index (χ1) is 13.6. The van der Waals surface area contributed by atoms with E-state index >= 15 is 0 Å². The molecule has 2 heterocycles. The zero-order chi connectivity index (χ0) is 20.1. The highest BCUT2D eigenvalue weighted by Gasteiger charge is 2.20. The van der Waals surface area contributed by atoms with E-state index in [-0.39, 0.29) is 31.2 Å². The van der Waals surface area contributed by atoms with Crippen LogP contribution in [0.15, 0.2) is 30.3 Å². The van der Waals surface area contributed by atoms with Crippen molar-refractivity contribution in [1.82, 2.24) is 25.0 Å². The van der Waals surface area contributed by atoms with Crippen molar-refractivity contribution in [3.05, 3.63) is 35.9 Å². The summed E-state index contributed by atoms with van der Waals surface area (Å²) in [6, 6.07) is 9.12. The summed E-state index contributed by atoms with van der Waals surface area (Å²) < 4.78 is 1.69. The van der Waals surface area contributed by atoms with Crippen molar-refractivity contribution in [2.75, 3.05) is 23.8 Å². The lowest BCUT2D eigenvalue weighted by molar-refractivity contribution is 0.248. The van der Waals surface area contributed by atoms with Gasteiger partial charge in [-0.2, -0.15) is 9.97 Å². The molecule has 0 saturated heterocycles. The van der Waals surface area contributed by atoms with E-state index in [1.807, 2.05) is 51.1 Å². The Hall–Kier alpha value is -2.78. The van der Waals surface area contributed by atoms with Crippen LogP contribution in [-0.4, -0.2) is 54.4 Å². The van der Waals surface area contributed by atoms with E-state index in [9.17, 15) is 10.2 Å². The van der Waals surface area contributed by atoms with Gasteiger partial charge in [-0.15, -0.1) is 5.10 Å². The number of aliphatic hydroxyl groups is 2. The number of nitrogens with one attached hydrogen (secondary N) is 2. The van der Waals surface area contributed by atoms with Crippen molar-refractivity contribution < 1.29 is 10.2 Å². The highest BCUT2D eigenvalue weighted by molar-refractivity contribution is 5.83. The maximum absolute atomic E-state index is 9.89. The van der Waals surface area contributed by atoms with Crippen molar-refractivity contribution in [3.8, 4) is 0 Å². The lowest BCUT2D eigenvalue weighted by atomic mass is 10.1. The van der Waals surface area contributed by atoms with Crippen molar-refractivity contribution in [2.45, 2.75) is 39.4 Å². The maximum atomic E-state index is 9.89. The average molecular weight is 385 g/mol. The van der Waals surface area contributed by atoms with E-state index in [2.05, 4.69) is 30.9 Å². The molecule has 3 rings (SSSR count). The molecule has 4 N–H and O–H groups in total. The van der Waals surface area contributed by atoms with Crippen molar-refractivity contribution in [3.63, 3.8) is 0 Å². The van der Waals surface area contributed by atoms with Crippen LogP contribution in [0.3, 0.4) is 0 Å². The lowest BCUT2D eigenvalue weighted by Gasteiger charge is -2.21. The fraction of sp³-hybridized carbons (Fsp3) is 0.474. The molecule has 3 aromatic rings. The number of nitrogens with zero attached hydrogens (tertiary/aromatic N) is 5.